The summed E-state index contributed by atoms with van der Waals surface area (Å²) in [4.78, 5) is 29.5. The second kappa shape index (κ2) is 10.5. The van der Waals surface area contributed by atoms with Gasteiger partial charge in [-0.2, -0.15) is 13.2 Å². The highest BCUT2D eigenvalue weighted by molar-refractivity contribution is 6.06. The maximum absolute atomic E-state index is 13.7. The van der Waals surface area contributed by atoms with Crippen molar-refractivity contribution < 1.29 is 27.5 Å². The van der Waals surface area contributed by atoms with Crippen molar-refractivity contribution in [2.24, 2.45) is 11.8 Å². The number of amides is 1. The van der Waals surface area contributed by atoms with Crippen molar-refractivity contribution in [1.82, 2.24) is 14.9 Å². The van der Waals surface area contributed by atoms with Crippen LogP contribution in [-0.4, -0.2) is 35.1 Å². The molecular formula is C29H28F3N3O3. The summed E-state index contributed by atoms with van der Waals surface area (Å²) in [6.07, 6.45) is 1.66. The van der Waals surface area contributed by atoms with E-state index >= 15 is 0 Å². The summed E-state index contributed by atoms with van der Waals surface area (Å²) < 4.78 is 47.7. The minimum Gasteiger partial charge on any atom is -0.469 e. The Morgan fingerprint density at radius 2 is 1.84 bits per heavy atom. The van der Waals surface area contributed by atoms with E-state index in [0.717, 1.165) is 41.4 Å². The maximum atomic E-state index is 13.7. The van der Waals surface area contributed by atoms with Crippen LogP contribution in [0.3, 0.4) is 0 Å². The summed E-state index contributed by atoms with van der Waals surface area (Å²) in [6, 6.07) is 13.3. The molecule has 1 saturated carbocycles. The number of rotatable bonds is 6. The molecule has 1 amide bonds. The minimum absolute atomic E-state index is 0.0121. The second-order valence-electron chi connectivity index (χ2n) is 9.88. The Morgan fingerprint density at radius 3 is 2.58 bits per heavy atom. The first-order chi connectivity index (χ1) is 18.2. The number of pyridine rings is 1. The van der Waals surface area contributed by atoms with Gasteiger partial charge in [0, 0.05) is 36.3 Å². The number of alkyl halides is 3. The van der Waals surface area contributed by atoms with Crippen molar-refractivity contribution in [2.75, 3.05) is 13.7 Å². The van der Waals surface area contributed by atoms with E-state index in [1.165, 1.54) is 7.11 Å². The molecule has 198 valence electrons. The fourth-order valence-corrected chi connectivity index (χ4v) is 5.33. The first-order valence-electron chi connectivity index (χ1n) is 12.6. The Kier molecular flexibility index (Phi) is 7.10. The maximum Gasteiger partial charge on any atom is 0.416 e. The molecular weight excluding hydrogens is 495 g/mol. The van der Waals surface area contributed by atoms with Gasteiger partial charge in [0.15, 0.2) is 0 Å². The van der Waals surface area contributed by atoms with E-state index in [4.69, 9.17) is 4.74 Å². The number of halogens is 3. The molecule has 6 nitrogen and oxygen atoms in total. The highest BCUT2D eigenvalue weighted by Crippen LogP contribution is 2.34. The fourth-order valence-electron chi connectivity index (χ4n) is 5.33. The van der Waals surface area contributed by atoms with Crippen LogP contribution in [0.15, 0.2) is 60.9 Å². The van der Waals surface area contributed by atoms with E-state index in [1.807, 2.05) is 30.3 Å². The molecule has 0 aliphatic heterocycles. The molecule has 1 aliphatic rings. The Bertz CT molecular complexity index is 1490. The molecule has 0 bridgehead atoms. The van der Waals surface area contributed by atoms with Gasteiger partial charge in [-0.25, -0.2) is 0 Å². The van der Waals surface area contributed by atoms with Crippen molar-refractivity contribution >= 4 is 33.7 Å². The lowest BCUT2D eigenvalue weighted by atomic mass is 9.82. The number of benzene rings is 2. The van der Waals surface area contributed by atoms with Crippen molar-refractivity contribution in [2.45, 2.75) is 38.4 Å². The van der Waals surface area contributed by atoms with E-state index in [0.29, 0.717) is 36.8 Å². The highest BCUT2D eigenvalue weighted by atomic mass is 19.4. The van der Waals surface area contributed by atoms with E-state index in [-0.39, 0.29) is 23.4 Å². The van der Waals surface area contributed by atoms with Crippen molar-refractivity contribution in [3.8, 4) is 0 Å². The number of aromatic nitrogens is 2. The zero-order valence-corrected chi connectivity index (χ0v) is 20.9. The third kappa shape index (κ3) is 5.37. The number of nitrogens with zero attached hydrogens (tertiary/aromatic N) is 2. The summed E-state index contributed by atoms with van der Waals surface area (Å²) >= 11 is 0. The lowest BCUT2D eigenvalue weighted by Crippen LogP contribution is -2.33. The zero-order chi connectivity index (χ0) is 26.9. The van der Waals surface area contributed by atoms with E-state index in [9.17, 15) is 22.8 Å². The predicted molar refractivity (Wildman–Crippen MR) is 138 cm³/mol. The van der Waals surface area contributed by atoms with Gasteiger partial charge in [0.05, 0.1) is 35.2 Å². The Hall–Kier alpha value is -3.88. The summed E-state index contributed by atoms with van der Waals surface area (Å²) in [5.74, 6) is -0.750. The van der Waals surface area contributed by atoms with Crippen LogP contribution < -0.4 is 5.32 Å². The summed E-state index contributed by atoms with van der Waals surface area (Å²) in [5.41, 5.74) is 1.32. The number of fused-ring (bicyclic) bond motifs is 2. The van der Waals surface area contributed by atoms with Crippen molar-refractivity contribution in [3.63, 3.8) is 0 Å². The number of hydrogen-bond donors (Lipinski definition) is 1. The lowest BCUT2D eigenvalue weighted by molar-refractivity contribution is -0.146. The largest absolute Gasteiger partial charge is 0.469 e. The molecule has 38 heavy (non-hydrogen) atoms. The Balaban J connectivity index is 1.40. The average Bonchev–Trinajstić information content (AvgIpc) is 3.33. The van der Waals surface area contributed by atoms with E-state index in [1.54, 1.807) is 23.0 Å². The second-order valence-corrected chi connectivity index (χ2v) is 9.88. The van der Waals surface area contributed by atoms with Crippen LogP contribution in [-0.2, 0) is 22.3 Å². The summed E-state index contributed by atoms with van der Waals surface area (Å²) in [5, 5.41) is 4.20. The van der Waals surface area contributed by atoms with Gasteiger partial charge >= 0.3 is 12.1 Å². The van der Waals surface area contributed by atoms with E-state index in [2.05, 4.69) is 10.3 Å². The number of methoxy groups -OCH3 is 1. The minimum atomic E-state index is -4.58. The normalized spacial score (nSPS) is 18.0. The predicted octanol–water partition coefficient (Wildman–Crippen LogP) is 5.97. The number of esters is 1. The zero-order valence-electron chi connectivity index (χ0n) is 20.9. The number of carbonyl (C=O) groups is 2. The molecule has 0 unspecified atom stereocenters. The molecule has 1 N–H and O–H groups in total. The third-order valence-corrected chi connectivity index (χ3v) is 7.39. The number of ether oxygens (including phenoxy) is 1. The van der Waals surface area contributed by atoms with Crippen LogP contribution in [0.5, 0.6) is 0 Å². The van der Waals surface area contributed by atoms with Crippen LogP contribution in [0.2, 0.25) is 0 Å². The van der Waals surface area contributed by atoms with Crippen LogP contribution >= 0.6 is 0 Å². The average molecular weight is 524 g/mol. The van der Waals surface area contributed by atoms with Gasteiger partial charge in [0.1, 0.15) is 0 Å². The van der Waals surface area contributed by atoms with Gasteiger partial charge in [-0.05, 0) is 67.5 Å². The van der Waals surface area contributed by atoms with Crippen LogP contribution in [0.25, 0.3) is 21.8 Å². The molecule has 2 aromatic carbocycles. The highest BCUT2D eigenvalue weighted by Gasteiger charge is 2.33. The number of carbonyl (C=O) groups excluding carboxylic acids is 2. The monoisotopic (exact) mass is 523 g/mol. The quantitative estimate of drug-likeness (QED) is 0.316. The molecule has 2 heterocycles. The molecule has 1 fully saturated rings. The molecule has 0 radical (unpaired) electrons. The standard InChI is InChI=1S/C29H28F3N3O3/c1-38-28(37)21-8-4-18(5-9-21)16-34-27(36)24-15-23(29(30,31)32)14-22-10-12-35(26(22)24)17-19-6-7-20-3-2-11-33-25(20)13-19/h2-3,6-7,10-15,18,21H,4-5,8-9,16-17H2,1H3,(H,34,36). The topological polar surface area (TPSA) is 73.2 Å². The molecule has 9 heteroatoms. The van der Waals surface area contributed by atoms with Gasteiger partial charge in [0.2, 0.25) is 0 Å². The number of hydrogen-bond acceptors (Lipinski definition) is 4. The molecule has 1 aliphatic carbocycles. The fraction of sp³-hybridized carbons (Fsp3) is 0.345. The smallest absolute Gasteiger partial charge is 0.416 e. The van der Waals surface area contributed by atoms with Gasteiger partial charge in [-0.1, -0.05) is 18.2 Å². The first-order valence-corrected chi connectivity index (χ1v) is 12.6. The third-order valence-electron chi connectivity index (χ3n) is 7.39. The molecule has 0 saturated heterocycles. The summed E-state index contributed by atoms with van der Waals surface area (Å²) in [7, 11) is 1.37. The van der Waals surface area contributed by atoms with Crippen molar-refractivity contribution in [3.05, 3.63) is 77.6 Å². The van der Waals surface area contributed by atoms with Gasteiger partial charge in [-0.3, -0.25) is 14.6 Å². The van der Waals surface area contributed by atoms with Crippen molar-refractivity contribution in [1.29, 1.82) is 0 Å². The SMILES string of the molecule is COC(=O)C1CCC(CNC(=O)c2cc(C(F)(F)F)cc3ccn(Cc4ccc5cccnc5c4)c23)CC1. The molecule has 4 aromatic rings. The summed E-state index contributed by atoms with van der Waals surface area (Å²) in [6.45, 7) is 0.709. The molecule has 0 spiro atoms. The van der Waals surface area contributed by atoms with Crippen LogP contribution in [0.1, 0.15) is 47.2 Å². The lowest BCUT2D eigenvalue weighted by Gasteiger charge is -2.27. The first kappa shape index (κ1) is 25.8. The van der Waals surface area contributed by atoms with E-state index < -0.39 is 17.6 Å². The molecule has 0 atom stereocenters. The van der Waals surface area contributed by atoms with Gasteiger partial charge in [0.25, 0.3) is 5.91 Å². The van der Waals surface area contributed by atoms with Gasteiger partial charge in [-0.15, -0.1) is 0 Å². The molecule has 2 aromatic heterocycles. The Morgan fingerprint density at radius 1 is 1.05 bits per heavy atom. The van der Waals surface area contributed by atoms with Crippen LogP contribution in [0.4, 0.5) is 13.2 Å². The number of nitrogens with one attached hydrogen (secondary N) is 1. The van der Waals surface area contributed by atoms with Gasteiger partial charge < -0.3 is 14.6 Å². The molecule has 5 rings (SSSR count). The Labute approximate surface area is 217 Å². The van der Waals surface area contributed by atoms with Crippen LogP contribution in [0, 0.1) is 11.8 Å².